The molecule has 0 aromatic heterocycles. The second-order valence-corrected chi connectivity index (χ2v) is 4.48. The molecular formula is C7H18N2O4S. The Morgan fingerprint density at radius 3 is 2.07 bits per heavy atom. The Bertz CT molecular complexity index is 244. The van der Waals surface area contributed by atoms with Gasteiger partial charge in [0.05, 0.1) is 27.2 Å². The number of hydrogen-bond donors (Lipinski definition) is 1. The van der Waals surface area contributed by atoms with Gasteiger partial charge in [0.25, 0.3) is 0 Å². The van der Waals surface area contributed by atoms with Crippen molar-refractivity contribution in [2.24, 2.45) is 0 Å². The third-order valence-electron chi connectivity index (χ3n) is 2.44. The quantitative estimate of drug-likeness (QED) is 0.409. The van der Waals surface area contributed by atoms with Crippen LogP contribution < -0.4 is 4.90 Å². The maximum absolute atomic E-state index is 9.22. The molecule has 0 amide bonds. The molecule has 0 radical (unpaired) electrons. The molecule has 2 unspecified atom stereocenters. The topological polar surface area (TPSA) is 74.1 Å². The lowest BCUT2D eigenvalue weighted by Crippen LogP contribution is -3.11. The summed E-state index contributed by atoms with van der Waals surface area (Å²) in [6.45, 7) is 4.83. The molecule has 0 aromatic carbocycles. The molecule has 0 saturated carbocycles. The molecule has 6 nitrogen and oxygen atoms in total. The fourth-order valence-electron chi connectivity index (χ4n) is 1.13. The van der Waals surface area contributed by atoms with Crippen LogP contribution in [0.5, 0.6) is 0 Å². The lowest BCUT2D eigenvalue weighted by Gasteiger charge is -2.15. The third kappa shape index (κ3) is 5.51. The minimum Gasteiger partial charge on any atom is -0.726 e. The van der Waals surface area contributed by atoms with E-state index in [1.54, 1.807) is 4.90 Å². The molecular weight excluding hydrogens is 208 g/mol. The Labute approximate surface area is 85.4 Å². The Kier molecular flexibility index (Phi) is 5.53. The lowest BCUT2D eigenvalue weighted by molar-refractivity contribution is -0.895. The van der Waals surface area contributed by atoms with Crippen LogP contribution in [0.1, 0.15) is 6.92 Å². The summed E-state index contributed by atoms with van der Waals surface area (Å²) in [6, 6.07) is 0. The van der Waals surface area contributed by atoms with E-state index in [2.05, 4.69) is 30.1 Å². The normalized spacial score (nSPS) is 28.4. The van der Waals surface area contributed by atoms with Crippen LogP contribution in [-0.2, 0) is 14.6 Å². The second-order valence-electron chi connectivity index (χ2n) is 3.33. The molecule has 14 heavy (non-hydrogen) atoms. The standard InChI is InChI=1S/C6H14N2.CH4O4S/c1-6-7(2)4-5-8(6)3;1-5-6(2,3)4/h6H,4-5H2,1-3H3;1H3,(H,2,3,4). The summed E-state index contributed by atoms with van der Waals surface area (Å²) in [5, 5.41) is 0. The molecule has 0 aliphatic carbocycles. The predicted molar refractivity (Wildman–Crippen MR) is 50.6 cm³/mol. The number of nitrogens with zero attached hydrogens (tertiary/aromatic N) is 1. The molecule has 2 atom stereocenters. The van der Waals surface area contributed by atoms with E-state index >= 15 is 0 Å². The minimum absolute atomic E-state index is 0.731. The Balaban J connectivity index is 0.000000255. The van der Waals surface area contributed by atoms with Crippen molar-refractivity contribution in [1.29, 1.82) is 0 Å². The zero-order valence-electron chi connectivity index (χ0n) is 8.98. The smallest absolute Gasteiger partial charge is 0.217 e. The van der Waals surface area contributed by atoms with Gasteiger partial charge in [-0.15, -0.1) is 0 Å². The van der Waals surface area contributed by atoms with E-state index in [1.807, 2.05) is 0 Å². The van der Waals surface area contributed by atoms with E-state index < -0.39 is 10.4 Å². The fraction of sp³-hybridized carbons (Fsp3) is 1.00. The van der Waals surface area contributed by atoms with Gasteiger partial charge in [0.1, 0.15) is 6.17 Å². The molecule has 1 saturated heterocycles. The van der Waals surface area contributed by atoms with Gasteiger partial charge in [0, 0.05) is 6.92 Å². The molecule has 7 heteroatoms. The highest BCUT2D eigenvalue weighted by atomic mass is 32.3. The van der Waals surface area contributed by atoms with E-state index in [-0.39, 0.29) is 0 Å². The van der Waals surface area contributed by atoms with Crippen LogP contribution >= 0.6 is 0 Å². The summed E-state index contributed by atoms with van der Waals surface area (Å²) in [5.74, 6) is 0. The fourth-order valence-corrected chi connectivity index (χ4v) is 1.13. The average Bonchev–Trinajstić information content (AvgIpc) is 2.36. The van der Waals surface area contributed by atoms with Gasteiger partial charge < -0.3 is 9.45 Å². The summed E-state index contributed by atoms with van der Waals surface area (Å²) in [7, 11) is 0.822. The van der Waals surface area contributed by atoms with Crippen molar-refractivity contribution in [3.05, 3.63) is 0 Å². The van der Waals surface area contributed by atoms with Crippen molar-refractivity contribution in [3.8, 4) is 0 Å². The molecule has 1 aliphatic rings. The van der Waals surface area contributed by atoms with Gasteiger partial charge in [-0.3, -0.25) is 9.08 Å². The van der Waals surface area contributed by atoms with Crippen molar-refractivity contribution in [3.63, 3.8) is 0 Å². The maximum Gasteiger partial charge on any atom is 0.217 e. The van der Waals surface area contributed by atoms with E-state index in [0.29, 0.717) is 0 Å². The number of rotatable bonds is 1. The van der Waals surface area contributed by atoms with E-state index in [1.165, 1.54) is 13.1 Å². The van der Waals surface area contributed by atoms with Gasteiger partial charge in [-0.1, -0.05) is 0 Å². The average molecular weight is 226 g/mol. The highest BCUT2D eigenvalue weighted by Gasteiger charge is 2.24. The van der Waals surface area contributed by atoms with Gasteiger partial charge in [0.15, 0.2) is 0 Å². The van der Waals surface area contributed by atoms with Gasteiger partial charge >= 0.3 is 0 Å². The van der Waals surface area contributed by atoms with E-state index in [9.17, 15) is 13.0 Å². The first kappa shape index (κ1) is 13.8. The summed E-state index contributed by atoms with van der Waals surface area (Å²) >= 11 is 0. The first-order chi connectivity index (χ1) is 6.28. The Hall–Kier alpha value is -0.210. The molecule has 0 aromatic rings. The molecule has 0 spiro atoms. The van der Waals surface area contributed by atoms with Crippen LogP contribution in [0.25, 0.3) is 0 Å². The first-order valence-corrected chi connectivity index (χ1v) is 5.65. The summed E-state index contributed by atoms with van der Waals surface area (Å²) in [4.78, 5) is 4.02. The molecule has 1 N–H and O–H groups in total. The largest absolute Gasteiger partial charge is 0.726 e. The predicted octanol–water partition coefficient (Wildman–Crippen LogP) is -2.11. The summed E-state index contributed by atoms with van der Waals surface area (Å²) in [5.41, 5.74) is 0. The van der Waals surface area contributed by atoms with Crippen molar-refractivity contribution in [1.82, 2.24) is 4.90 Å². The highest BCUT2D eigenvalue weighted by molar-refractivity contribution is 7.80. The number of quaternary nitrogens is 1. The molecule has 1 fully saturated rings. The number of hydrogen-bond acceptors (Lipinski definition) is 5. The monoisotopic (exact) mass is 226 g/mol. The van der Waals surface area contributed by atoms with Crippen LogP contribution in [0.4, 0.5) is 0 Å². The summed E-state index contributed by atoms with van der Waals surface area (Å²) in [6.07, 6.45) is 0.731. The minimum atomic E-state index is -4.41. The number of nitrogens with one attached hydrogen (secondary N) is 1. The second kappa shape index (κ2) is 5.62. The van der Waals surface area contributed by atoms with Crippen LogP contribution in [0.3, 0.4) is 0 Å². The molecule has 86 valence electrons. The van der Waals surface area contributed by atoms with Crippen molar-refractivity contribution < 1.29 is 22.1 Å². The van der Waals surface area contributed by atoms with Crippen LogP contribution in [0, 0.1) is 0 Å². The highest BCUT2D eigenvalue weighted by Crippen LogP contribution is 1.89. The van der Waals surface area contributed by atoms with Crippen molar-refractivity contribution in [2.45, 2.75) is 13.1 Å². The van der Waals surface area contributed by atoms with Crippen LogP contribution in [-0.4, -0.2) is 58.3 Å². The van der Waals surface area contributed by atoms with Gasteiger partial charge in [0.2, 0.25) is 10.4 Å². The number of likely N-dealkylation sites (N-methyl/N-ethyl adjacent to an activating group) is 2. The van der Waals surface area contributed by atoms with Crippen molar-refractivity contribution >= 4 is 10.4 Å². The van der Waals surface area contributed by atoms with Gasteiger partial charge in [-0.2, -0.15) is 0 Å². The van der Waals surface area contributed by atoms with Crippen molar-refractivity contribution in [2.75, 3.05) is 34.3 Å². The zero-order chi connectivity index (χ0) is 11.4. The Morgan fingerprint density at radius 2 is 2.00 bits per heavy atom. The van der Waals surface area contributed by atoms with E-state index in [0.717, 1.165) is 13.3 Å². The third-order valence-corrected chi connectivity index (χ3v) is 2.85. The van der Waals surface area contributed by atoms with Crippen LogP contribution in [0.15, 0.2) is 0 Å². The van der Waals surface area contributed by atoms with Crippen LogP contribution in [0.2, 0.25) is 0 Å². The molecule has 1 heterocycles. The van der Waals surface area contributed by atoms with E-state index in [4.69, 9.17) is 0 Å². The molecule has 1 aliphatic heterocycles. The molecule has 1 rings (SSSR count). The SMILES string of the molecule is CC1N(C)CC[NH+]1C.COS(=O)(=O)[O-]. The lowest BCUT2D eigenvalue weighted by atomic mass is 10.5. The summed E-state index contributed by atoms with van der Waals surface area (Å²) < 4.78 is 31.0. The Morgan fingerprint density at radius 1 is 1.57 bits per heavy atom. The zero-order valence-corrected chi connectivity index (χ0v) is 9.80. The van der Waals surface area contributed by atoms with Gasteiger partial charge in [-0.05, 0) is 7.05 Å². The van der Waals surface area contributed by atoms with Gasteiger partial charge in [-0.25, -0.2) is 8.42 Å². The maximum atomic E-state index is 9.22. The molecule has 0 bridgehead atoms. The first-order valence-electron chi connectivity index (χ1n) is 4.32.